The molecule has 8 heteroatoms. The van der Waals surface area contributed by atoms with Crippen LogP contribution < -0.4 is 5.73 Å². The molecule has 0 aliphatic heterocycles. The number of alkyl halides is 4. The molecule has 1 aromatic heterocycles. The molecule has 0 bridgehead atoms. The number of pyridine rings is 1. The molecule has 0 radical (unpaired) electrons. The van der Waals surface area contributed by atoms with E-state index in [0.717, 1.165) is 0 Å². The second-order valence-electron chi connectivity index (χ2n) is 4.01. The average molecular weight is 301 g/mol. The molecule has 0 fully saturated rings. The van der Waals surface area contributed by atoms with Crippen LogP contribution in [0.4, 0.5) is 17.6 Å². The topological polar surface area (TPSA) is 48.1 Å². The van der Waals surface area contributed by atoms with Gasteiger partial charge in [0.25, 0.3) is 0 Å². The molecule has 108 valence electrons. The van der Waals surface area contributed by atoms with Gasteiger partial charge in [-0.1, -0.05) is 11.6 Å². The smallest absolute Gasteiger partial charge is 0.330 e. The van der Waals surface area contributed by atoms with Crippen molar-refractivity contribution >= 4 is 11.6 Å². The number of ether oxygens (including phenoxy) is 1. The summed E-state index contributed by atoms with van der Waals surface area (Å²) in [5, 5.41) is 0.399. The molecule has 1 aromatic rings. The summed E-state index contributed by atoms with van der Waals surface area (Å²) >= 11 is 5.84. The molecule has 0 aliphatic carbocycles. The van der Waals surface area contributed by atoms with Crippen LogP contribution in [-0.4, -0.2) is 36.6 Å². The highest BCUT2D eigenvalue weighted by atomic mass is 35.5. The Kier molecular flexibility index (Phi) is 5.96. The summed E-state index contributed by atoms with van der Waals surface area (Å²) < 4.78 is 53.3. The third-order valence-corrected chi connectivity index (χ3v) is 2.62. The molecule has 0 spiro atoms. The lowest BCUT2D eigenvalue weighted by atomic mass is 10.1. The van der Waals surface area contributed by atoms with Crippen LogP contribution >= 0.6 is 11.6 Å². The molecule has 0 saturated heterocycles. The fourth-order valence-electron chi connectivity index (χ4n) is 1.32. The molecule has 0 aliphatic rings. The quantitative estimate of drug-likeness (QED) is 0.787. The van der Waals surface area contributed by atoms with E-state index in [2.05, 4.69) is 9.72 Å². The second kappa shape index (κ2) is 7.02. The zero-order chi connectivity index (χ0) is 14.5. The fourth-order valence-corrected chi connectivity index (χ4v) is 1.52. The van der Waals surface area contributed by atoms with Gasteiger partial charge in [-0.25, -0.2) is 8.78 Å². The first kappa shape index (κ1) is 16.1. The summed E-state index contributed by atoms with van der Waals surface area (Å²) in [5.74, 6) is -4.16. The van der Waals surface area contributed by atoms with E-state index in [1.54, 1.807) is 6.07 Å². The van der Waals surface area contributed by atoms with Gasteiger partial charge >= 0.3 is 12.3 Å². The van der Waals surface area contributed by atoms with E-state index >= 15 is 0 Å². The number of halogens is 5. The van der Waals surface area contributed by atoms with Crippen molar-refractivity contribution in [2.24, 2.45) is 5.73 Å². The van der Waals surface area contributed by atoms with Gasteiger partial charge in [0, 0.05) is 18.4 Å². The molecule has 0 saturated carbocycles. The van der Waals surface area contributed by atoms with Gasteiger partial charge in [0.1, 0.15) is 6.61 Å². The molecule has 1 rings (SSSR count). The lowest BCUT2D eigenvalue weighted by Gasteiger charge is -2.17. The third kappa shape index (κ3) is 5.30. The van der Waals surface area contributed by atoms with Crippen molar-refractivity contribution < 1.29 is 22.3 Å². The Balaban J connectivity index is 2.37. The van der Waals surface area contributed by atoms with Crippen LogP contribution in [0.3, 0.4) is 0 Å². The van der Waals surface area contributed by atoms with E-state index in [0.29, 0.717) is 10.6 Å². The van der Waals surface area contributed by atoms with Gasteiger partial charge in [-0.2, -0.15) is 8.78 Å². The highest BCUT2D eigenvalue weighted by molar-refractivity contribution is 6.31. The molecule has 0 amide bonds. The van der Waals surface area contributed by atoms with Gasteiger partial charge in [-0.3, -0.25) is 4.98 Å². The van der Waals surface area contributed by atoms with Crippen molar-refractivity contribution in [3.05, 3.63) is 29.0 Å². The number of hydrogen-bond donors (Lipinski definition) is 1. The number of hydrogen-bond acceptors (Lipinski definition) is 3. The van der Waals surface area contributed by atoms with Crippen LogP contribution in [0.1, 0.15) is 5.56 Å². The Morgan fingerprint density at radius 1 is 1.42 bits per heavy atom. The summed E-state index contributed by atoms with van der Waals surface area (Å²) in [6.45, 7) is -1.62. The highest BCUT2D eigenvalue weighted by Crippen LogP contribution is 2.23. The maximum atomic E-state index is 12.5. The number of nitrogens with two attached hydrogens (primary N) is 1. The lowest BCUT2D eigenvalue weighted by molar-refractivity contribution is -0.166. The van der Waals surface area contributed by atoms with Crippen molar-refractivity contribution in [1.82, 2.24) is 4.98 Å². The molecule has 1 heterocycles. The molecule has 19 heavy (non-hydrogen) atoms. The predicted molar refractivity (Wildman–Crippen MR) is 62.7 cm³/mol. The first-order chi connectivity index (χ1) is 8.83. The van der Waals surface area contributed by atoms with E-state index < -0.39 is 25.0 Å². The van der Waals surface area contributed by atoms with E-state index in [1.165, 1.54) is 12.4 Å². The largest absolute Gasteiger partial charge is 0.373 e. The molecule has 0 aromatic carbocycles. The SMILES string of the molecule is NC(COCC(F)(F)C(F)F)Cc1ccncc1Cl. The Morgan fingerprint density at radius 3 is 2.68 bits per heavy atom. The minimum atomic E-state index is -4.16. The van der Waals surface area contributed by atoms with E-state index in [4.69, 9.17) is 17.3 Å². The minimum absolute atomic E-state index is 0.263. The Bertz CT molecular complexity index is 406. The molecule has 1 unspecified atom stereocenters. The van der Waals surface area contributed by atoms with Gasteiger partial charge in [0.2, 0.25) is 0 Å². The Morgan fingerprint density at radius 2 is 2.11 bits per heavy atom. The Hall–Kier alpha value is -0.920. The van der Waals surface area contributed by atoms with E-state index in [-0.39, 0.29) is 13.0 Å². The highest BCUT2D eigenvalue weighted by Gasteiger charge is 2.41. The minimum Gasteiger partial charge on any atom is -0.373 e. The van der Waals surface area contributed by atoms with Crippen LogP contribution in [0.2, 0.25) is 5.02 Å². The number of nitrogens with zero attached hydrogens (tertiary/aromatic N) is 1. The maximum absolute atomic E-state index is 12.5. The van der Waals surface area contributed by atoms with E-state index in [1.807, 2.05) is 0 Å². The summed E-state index contributed by atoms with van der Waals surface area (Å²) in [4.78, 5) is 3.78. The van der Waals surface area contributed by atoms with Crippen LogP contribution in [-0.2, 0) is 11.2 Å². The standard InChI is InChI=1S/C11H13ClF4N2O/c12-9-4-18-2-1-7(9)3-8(17)5-19-6-11(15,16)10(13)14/h1-2,4,8,10H,3,5-6,17H2. The number of aromatic nitrogens is 1. The molecular formula is C11H13ClF4N2O. The zero-order valence-corrected chi connectivity index (χ0v) is 10.6. The van der Waals surface area contributed by atoms with Crippen LogP contribution in [0.15, 0.2) is 18.5 Å². The van der Waals surface area contributed by atoms with Crippen molar-refractivity contribution in [2.75, 3.05) is 13.2 Å². The van der Waals surface area contributed by atoms with Crippen molar-refractivity contribution in [1.29, 1.82) is 0 Å². The van der Waals surface area contributed by atoms with Crippen LogP contribution in [0.25, 0.3) is 0 Å². The average Bonchev–Trinajstić information content (AvgIpc) is 2.31. The lowest BCUT2D eigenvalue weighted by Crippen LogP contribution is -2.36. The maximum Gasteiger partial charge on any atom is 0.330 e. The second-order valence-corrected chi connectivity index (χ2v) is 4.42. The molecule has 2 N–H and O–H groups in total. The van der Waals surface area contributed by atoms with Crippen LogP contribution in [0, 0.1) is 0 Å². The van der Waals surface area contributed by atoms with Gasteiger partial charge in [-0.05, 0) is 18.1 Å². The van der Waals surface area contributed by atoms with Crippen LogP contribution in [0.5, 0.6) is 0 Å². The van der Waals surface area contributed by atoms with Crippen molar-refractivity contribution in [3.8, 4) is 0 Å². The van der Waals surface area contributed by atoms with Gasteiger partial charge in [-0.15, -0.1) is 0 Å². The van der Waals surface area contributed by atoms with E-state index in [9.17, 15) is 17.6 Å². The summed E-state index contributed by atoms with van der Waals surface area (Å²) in [7, 11) is 0. The Labute approximate surface area is 112 Å². The predicted octanol–water partition coefficient (Wildman–Crippen LogP) is 2.52. The fraction of sp³-hybridized carbons (Fsp3) is 0.545. The zero-order valence-electron chi connectivity index (χ0n) is 9.83. The normalized spacial score (nSPS) is 13.8. The first-order valence-electron chi connectivity index (χ1n) is 5.40. The van der Waals surface area contributed by atoms with Gasteiger partial charge in [0.15, 0.2) is 0 Å². The summed E-state index contributed by atoms with van der Waals surface area (Å²) in [5.41, 5.74) is 6.33. The molecular weight excluding hydrogens is 288 g/mol. The third-order valence-electron chi connectivity index (χ3n) is 2.28. The van der Waals surface area contributed by atoms with Gasteiger partial charge in [0.05, 0.1) is 11.6 Å². The summed E-state index contributed by atoms with van der Waals surface area (Å²) in [6.07, 6.45) is -0.533. The first-order valence-corrected chi connectivity index (χ1v) is 5.78. The number of rotatable bonds is 7. The van der Waals surface area contributed by atoms with Gasteiger partial charge < -0.3 is 10.5 Å². The van der Waals surface area contributed by atoms with Crippen molar-refractivity contribution in [2.45, 2.75) is 24.8 Å². The summed E-state index contributed by atoms with van der Waals surface area (Å²) in [6, 6.07) is 1.02. The van der Waals surface area contributed by atoms with Crippen molar-refractivity contribution in [3.63, 3.8) is 0 Å². The monoisotopic (exact) mass is 300 g/mol. The molecule has 3 nitrogen and oxygen atoms in total. The molecule has 1 atom stereocenters.